The fourth-order valence-electron chi connectivity index (χ4n) is 5.33. The molecule has 11 nitrogen and oxygen atoms in total. The fourth-order valence-corrected chi connectivity index (χ4v) is 5.33. The van der Waals surface area contributed by atoms with Crippen LogP contribution in [0.2, 0.25) is 0 Å². The Kier molecular flexibility index (Phi) is 6.38. The van der Waals surface area contributed by atoms with Gasteiger partial charge in [0.15, 0.2) is 0 Å². The van der Waals surface area contributed by atoms with Crippen molar-refractivity contribution in [3.63, 3.8) is 0 Å². The maximum absolute atomic E-state index is 13.4. The highest BCUT2D eigenvalue weighted by Crippen LogP contribution is 2.65. The van der Waals surface area contributed by atoms with Crippen LogP contribution in [0.15, 0.2) is 0 Å². The van der Waals surface area contributed by atoms with E-state index in [1.807, 2.05) is 13.8 Å². The molecular formula is C22H35N5O6. The van der Waals surface area contributed by atoms with E-state index in [0.717, 1.165) is 0 Å². The molecule has 5 N–H and O–H groups in total. The zero-order valence-electron chi connectivity index (χ0n) is 19.9. The van der Waals surface area contributed by atoms with Crippen LogP contribution in [0, 0.1) is 22.7 Å². The van der Waals surface area contributed by atoms with Crippen LogP contribution in [0.3, 0.4) is 0 Å². The molecule has 2 unspecified atom stereocenters. The summed E-state index contributed by atoms with van der Waals surface area (Å²) in [4.78, 5) is 65.1. The predicted molar refractivity (Wildman–Crippen MR) is 118 cm³/mol. The number of primary amides is 1. The van der Waals surface area contributed by atoms with Gasteiger partial charge in [0.2, 0.25) is 23.6 Å². The molecule has 2 heterocycles. The molecule has 3 rings (SSSR count). The number of carbonyl (C=O) groups is 5. The van der Waals surface area contributed by atoms with Crippen molar-refractivity contribution in [2.45, 2.75) is 65.6 Å². The molecule has 3 fully saturated rings. The third-order valence-corrected chi connectivity index (χ3v) is 7.38. The molecule has 2 saturated heterocycles. The summed E-state index contributed by atoms with van der Waals surface area (Å²) in [6, 6.07) is -2.97. The first-order valence-electron chi connectivity index (χ1n) is 11.3. The number of piperidine rings is 1. The van der Waals surface area contributed by atoms with Gasteiger partial charge in [-0.1, -0.05) is 34.6 Å². The number of nitrogens with zero attached hydrogens (tertiary/aromatic N) is 2. The minimum atomic E-state index is -1.32. The Morgan fingerprint density at radius 2 is 1.85 bits per heavy atom. The second kappa shape index (κ2) is 8.49. The molecule has 0 aromatic carbocycles. The first-order valence-corrected chi connectivity index (χ1v) is 11.3. The van der Waals surface area contributed by atoms with Gasteiger partial charge in [0.05, 0.1) is 0 Å². The summed E-state index contributed by atoms with van der Waals surface area (Å²) in [6.45, 7) is 10.1. The Hall–Kier alpha value is -2.85. The molecule has 0 aromatic heterocycles. The van der Waals surface area contributed by atoms with Gasteiger partial charge in [0.1, 0.15) is 18.1 Å². The van der Waals surface area contributed by atoms with Crippen LogP contribution in [-0.4, -0.2) is 82.4 Å². The third-order valence-electron chi connectivity index (χ3n) is 7.38. The Morgan fingerprint density at radius 3 is 2.33 bits per heavy atom. The molecular weight excluding hydrogens is 430 g/mol. The smallest absolute Gasteiger partial charge is 0.405 e. The molecule has 11 heteroatoms. The Balaban J connectivity index is 1.81. The summed E-state index contributed by atoms with van der Waals surface area (Å²) in [6.07, 6.45) is -0.239. The molecule has 0 bridgehead atoms. The van der Waals surface area contributed by atoms with Crippen molar-refractivity contribution in [3.8, 4) is 0 Å². The van der Waals surface area contributed by atoms with Crippen molar-refractivity contribution < 1.29 is 29.1 Å². The molecule has 5 atom stereocenters. The van der Waals surface area contributed by atoms with E-state index in [1.165, 1.54) is 9.80 Å². The van der Waals surface area contributed by atoms with Crippen molar-refractivity contribution >= 4 is 29.7 Å². The minimum Gasteiger partial charge on any atom is -0.465 e. The molecule has 2 aliphatic heterocycles. The highest BCUT2D eigenvalue weighted by molar-refractivity contribution is 5.95. The lowest BCUT2D eigenvalue weighted by Crippen LogP contribution is -2.61. The lowest BCUT2D eigenvalue weighted by molar-refractivity contribution is -0.144. The predicted octanol–water partition coefficient (Wildman–Crippen LogP) is -0.256. The number of hydrogen-bond donors (Lipinski definition) is 4. The number of fused-ring (bicyclic) bond motifs is 1. The van der Waals surface area contributed by atoms with Gasteiger partial charge in [-0.15, -0.1) is 0 Å². The van der Waals surface area contributed by atoms with E-state index in [1.54, 1.807) is 20.8 Å². The number of carboxylic acid groups (broad SMARTS) is 1. The number of carbonyl (C=O) groups excluding carboxylic acids is 4. The summed E-state index contributed by atoms with van der Waals surface area (Å²) in [5.74, 6) is -1.86. The van der Waals surface area contributed by atoms with Gasteiger partial charge in [0, 0.05) is 26.1 Å². The number of nitrogens with one attached hydrogen (secondary N) is 2. The summed E-state index contributed by atoms with van der Waals surface area (Å²) < 4.78 is 0. The molecule has 3 aliphatic rings. The average Bonchev–Trinajstić information content (AvgIpc) is 3.06. The molecule has 0 aromatic rings. The van der Waals surface area contributed by atoms with Gasteiger partial charge in [-0.05, 0) is 29.1 Å². The monoisotopic (exact) mass is 465 g/mol. The summed E-state index contributed by atoms with van der Waals surface area (Å²) >= 11 is 0. The van der Waals surface area contributed by atoms with E-state index < -0.39 is 47.4 Å². The number of hydrogen-bond acceptors (Lipinski definition) is 5. The topological polar surface area (TPSA) is 162 Å². The van der Waals surface area contributed by atoms with Crippen molar-refractivity contribution in [3.05, 3.63) is 0 Å². The highest BCUT2D eigenvalue weighted by atomic mass is 16.4. The van der Waals surface area contributed by atoms with Crippen LogP contribution >= 0.6 is 0 Å². The first kappa shape index (κ1) is 24.8. The van der Waals surface area contributed by atoms with E-state index in [4.69, 9.17) is 5.73 Å². The fraction of sp³-hybridized carbons (Fsp3) is 0.773. The lowest BCUT2D eigenvalue weighted by Gasteiger charge is -2.37. The SMILES string of the molecule is CC(C)(C)C(NC(=O)O)C(=O)N1C[C@H]2[C@@H]([C@H]1C(=O)NC(CN1CCCC1=O)C(N)=O)C2(C)C. The maximum atomic E-state index is 13.4. The van der Waals surface area contributed by atoms with Crippen LogP contribution in [-0.2, 0) is 19.2 Å². The molecule has 1 saturated carbocycles. The summed E-state index contributed by atoms with van der Waals surface area (Å²) in [5.41, 5.74) is 4.63. The summed E-state index contributed by atoms with van der Waals surface area (Å²) in [5, 5.41) is 14.2. The van der Waals surface area contributed by atoms with E-state index >= 15 is 0 Å². The van der Waals surface area contributed by atoms with E-state index in [0.29, 0.717) is 25.9 Å². The van der Waals surface area contributed by atoms with Crippen LogP contribution in [0.1, 0.15) is 47.5 Å². The van der Waals surface area contributed by atoms with E-state index in [-0.39, 0.29) is 29.7 Å². The van der Waals surface area contributed by atoms with Crippen molar-refractivity contribution in [2.75, 3.05) is 19.6 Å². The number of rotatable bonds is 7. The van der Waals surface area contributed by atoms with Gasteiger partial charge in [-0.25, -0.2) is 4.79 Å². The quantitative estimate of drug-likeness (QED) is 0.405. The molecule has 1 aliphatic carbocycles. The van der Waals surface area contributed by atoms with Gasteiger partial charge in [-0.2, -0.15) is 0 Å². The average molecular weight is 466 g/mol. The van der Waals surface area contributed by atoms with Crippen molar-refractivity contribution in [2.24, 2.45) is 28.4 Å². The molecule has 0 radical (unpaired) electrons. The number of nitrogens with two attached hydrogens (primary N) is 1. The maximum Gasteiger partial charge on any atom is 0.405 e. The zero-order chi connectivity index (χ0) is 24.9. The van der Waals surface area contributed by atoms with Crippen LogP contribution in [0.4, 0.5) is 4.79 Å². The highest BCUT2D eigenvalue weighted by Gasteiger charge is 2.69. The first-order chi connectivity index (χ1) is 15.2. The Bertz CT molecular complexity index is 866. The zero-order valence-corrected chi connectivity index (χ0v) is 19.9. The van der Waals surface area contributed by atoms with Crippen molar-refractivity contribution in [1.29, 1.82) is 0 Å². The largest absolute Gasteiger partial charge is 0.465 e. The second-order valence-corrected chi connectivity index (χ2v) is 11.0. The lowest BCUT2D eigenvalue weighted by atomic mass is 9.85. The van der Waals surface area contributed by atoms with E-state index in [9.17, 15) is 29.1 Å². The van der Waals surface area contributed by atoms with Gasteiger partial charge in [0.25, 0.3) is 0 Å². The number of amides is 5. The molecule has 0 spiro atoms. The standard InChI is InChI=1S/C22H35N5O6/c1-21(2,3)16(25-20(32)33)19(31)27-9-11-14(22(11,4)5)15(27)18(30)24-12(17(23)29)10-26-8-6-7-13(26)28/h11-12,14-16,25H,6-10H2,1-5H3,(H2,23,29)(H,24,30)(H,32,33)/t11-,12?,14-,15-,16?/m0/s1. The Labute approximate surface area is 193 Å². The normalized spacial score (nSPS) is 27.5. The van der Waals surface area contributed by atoms with E-state index in [2.05, 4.69) is 10.6 Å². The van der Waals surface area contributed by atoms with Crippen molar-refractivity contribution in [1.82, 2.24) is 20.4 Å². The third kappa shape index (κ3) is 4.77. The Morgan fingerprint density at radius 1 is 1.21 bits per heavy atom. The molecule has 184 valence electrons. The van der Waals surface area contributed by atoms with Gasteiger partial charge < -0.3 is 31.3 Å². The molecule has 33 heavy (non-hydrogen) atoms. The summed E-state index contributed by atoms with van der Waals surface area (Å²) in [7, 11) is 0. The second-order valence-electron chi connectivity index (χ2n) is 11.0. The van der Waals surface area contributed by atoms with Crippen LogP contribution < -0.4 is 16.4 Å². The molecule has 5 amide bonds. The minimum absolute atomic E-state index is 0.0107. The van der Waals surface area contributed by atoms with Gasteiger partial charge in [-0.3, -0.25) is 19.2 Å². The van der Waals surface area contributed by atoms with Crippen LogP contribution in [0.25, 0.3) is 0 Å². The van der Waals surface area contributed by atoms with Gasteiger partial charge >= 0.3 is 6.09 Å². The number of likely N-dealkylation sites (tertiary alicyclic amines) is 2. The van der Waals surface area contributed by atoms with Crippen LogP contribution in [0.5, 0.6) is 0 Å².